The lowest BCUT2D eigenvalue weighted by Gasteiger charge is -1.97. The van der Waals surface area contributed by atoms with Crippen molar-refractivity contribution in [2.45, 2.75) is 26.2 Å². The maximum Gasteiger partial charge on any atom is 0.311 e. The third-order valence-corrected chi connectivity index (χ3v) is 3.14. The van der Waals surface area contributed by atoms with E-state index in [0.29, 0.717) is 16.6 Å². The first-order valence-corrected chi connectivity index (χ1v) is 6.83. The summed E-state index contributed by atoms with van der Waals surface area (Å²) in [6, 6.07) is 7.23. The largest absolute Gasteiger partial charge is 0.469 e. The minimum atomic E-state index is -0.321. The molecule has 1 aromatic carbocycles. The number of hydrogen-bond donors (Lipinski definition) is 0. The molecule has 0 aliphatic carbocycles. The molecule has 0 unspecified atom stereocenters. The van der Waals surface area contributed by atoms with Gasteiger partial charge < -0.3 is 9.15 Å². The summed E-state index contributed by atoms with van der Waals surface area (Å²) >= 11 is 5.86. The summed E-state index contributed by atoms with van der Waals surface area (Å²) in [5.41, 5.74) is 1.48. The van der Waals surface area contributed by atoms with Gasteiger partial charge in [-0.15, -0.1) is 0 Å². The van der Waals surface area contributed by atoms with Crippen LogP contribution in [0.25, 0.3) is 11.5 Å². The topological polar surface area (TPSA) is 52.3 Å². The van der Waals surface area contributed by atoms with Crippen molar-refractivity contribution in [3.8, 4) is 11.5 Å². The zero-order chi connectivity index (χ0) is 14.5. The minimum absolute atomic E-state index is 0.128. The van der Waals surface area contributed by atoms with Gasteiger partial charge in [0.2, 0.25) is 5.89 Å². The zero-order valence-corrected chi connectivity index (χ0v) is 12.2. The normalized spacial score (nSPS) is 10.6. The Labute approximate surface area is 122 Å². The molecule has 4 nitrogen and oxygen atoms in total. The highest BCUT2D eigenvalue weighted by molar-refractivity contribution is 6.30. The van der Waals surface area contributed by atoms with Crippen LogP contribution < -0.4 is 0 Å². The van der Waals surface area contributed by atoms with Crippen LogP contribution in [0.2, 0.25) is 5.02 Å². The number of ether oxygens (including phenoxy) is 1. The maximum absolute atomic E-state index is 11.4. The summed E-state index contributed by atoms with van der Waals surface area (Å²) in [6.07, 6.45) is 1.79. The van der Waals surface area contributed by atoms with E-state index in [4.69, 9.17) is 16.0 Å². The van der Waals surface area contributed by atoms with Crippen molar-refractivity contribution in [2.24, 2.45) is 0 Å². The van der Waals surface area contributed by atoms with Gasteiger partial charge in [-0.2, -0.15) is 0 Å². The molecular formula is C15H16ClNO3. The van der Waals surface area contributed by atoms with E-state index in [9.17, 15) is 4.79 Å². The Balaban J connectivity index is 2.32. The molecule has 0 bridgehead atoms. The Morgan fingerprint density at radius 1 is 1.35 bits per heavy atom. The van der Waals surface area contributed by atoms with Crippen molar-refractivity contribution in [2.75, 3.05) is 7.11 Å². The summed E-state index contributed by atoms with van der Waals surface area (Å²) < 4.78 is 10.4. The van der Waals surface area contributed by atoms with E-state index in [0.717, 1.165) is 24.2 Å². The molecule has 0 aliphatic heterocycles. The van der Waals surface area contributed by atoms with Gasteiger partial charge in [-0.05, 0) is 30.7 Å². The predicted molar refractivity (Wildman–Crippen MR) is 76.7 cm³/mol. The van der Waals surface area contributed by atoms with Crippen LogP contribution in [-0.4, -0.2) is 18.1 Å². The van der Waals surface area contributed by atoms with Crippen LogP contribution >= 0.6 is 11.6 Å². The van der Waals surface area contributed by atoms with Gasteiger partial charge in [0.05, 0.1) is 19.2 Å². The SMILES string of the molecule is CCCc1oc(-c2ccc(Cl)cc2)nc1CC(=O)OC. The van der Waals surface area contributed by atoms with E-state index in [2.05, 4.69) is 9.72 Å². The van der Waals surface area contributed by atoms with Crippen LogP contribution in [-0.2, 0) is 22.4 Å². The van der Waals surface area contributed by atoms with Crippen LogP contribution in [0.1, 0.15) is 24.8 Å². The smallest absolute Gasteiger partial charge is 0.311 e. The molecule has 0 fully saturated rings. The highest BCUT2D eigenvalue weighted by Gasteiger charge is 2.17. The molecule has 0 aliphatic rings. The fourth-order valence-corrected chi connectivity index (χ4v) is 1.99. The number of esters is 1. The van der Waals surface area contributed by atoms with E-state index in [1.54, 1.807) is 12.1 Å². The molecule has 2 aromatic rings. The second kappa shape index (κ2) is 6.57. The molecule has 106 valence electrons. The molecule has 0 spiro atoms. The van der Waals surface area contributed by atoms with Crippen LogP contribution in [0.3, 0.4) is 0 Å². The Morgan fingerprint density at radius 3 is 2.65 bits per heavy atom. The summed E-state index contributed by atoms with van der Waals surface area (Å²) in [4.78, 5) is 15.8. The maximum atomic E-state index is 11.4. The molecular weight excluding hydrogens is 278 g/mol. The quantitative estimate of drug-likeness (QED) is 0.789. The number of aromatic nitrogens is 1. The summed E-state index contributed by atoms with van der Waals surface area (Å²) in [7, 11) is 1.36. The van der Waals surface area contributed by atoms with Gasteiger partial charge in [-0.1, -0.05) is 18.5 Å². The van der Waals surface area contributed by atoms with E-state index >= 15 is 0 Å². The Kier molecular flexibility index (Phi) is 4.79. The van der Waals surface area contributed by atoms with Crippen molar-refractivity contribution in [1.82, 2.24) is 4.98 Å². The second-order valence-electron chi connectivity index (χ2n) is 4.40. The van der Waals surface area contributed by atoms with Crippen molar-refractivity contribution in [1.29, 1.82) is 0 Å². The number of aryl methyl sites for hydroxylation is 1. The van der Waals surface area contributed by atoms with Crippen molar-refractivity contribution < 1.29 is 13.9 Å². The number of oxazole rings is 1. The average molecular weight is 294 g/mol. The number of carbonyl (C=O) groups excluding carboxylic acids is 1. The van der Waals surface area contributed by atoms with Crippen molar-refractivity contribution >= 4 is 17.6 Å². The molecule has 0 amide bonds. The molecule has 1 aromatic heterocycles. The van der Waals surface area contributed by atoms with Gasteiger partial charge in [-0.3, -0.25) is 4.79 Å². The molecule has 0 N–H and O–H groups in total. The van der Waals surface area contributed by atoms with Crippen molar-refractivity contribution in [3.63, 3.8) is 0 Å². The number of nitrogens with zero attached hydrogens (tertiary/aromatic N) is 1. The lowest BCUT2D eigenvalue weighted by Crippen LogP contribution is -2.06. The van der Waals surface area contributed by atoms with Gasteiger partial charge in [0.15, 0.2) is 0 Å². The summed E-state index contributed by atoms with van der Waals surface area (Å²) in [5.74, 6) is 0.921. The summed E-state index contributed by atoms with van der Waals surface area (Å²) in [6.45, 7) is 2.05. The Bertz CT molecular complexity index is 590. The number of hydrogen-bond acceptors (Lipinski definition) is 4. The minimum Gasteiger partial charge on any atom is -0.469 e. The number of carbonyl (C=O) groups is 1. The number of rotatable bonds is 5. The third kappa shape index (κ3) is 3.39. The predicted octanol–water partition coefficient (Wildman–Crippen LogP) is 3.66. The molecule has 5 heteroatoms. The van der Waals surface area contributed by atoms with E-state index < -0.39 is 0 Å². The van der Waals surface area contributed by atoms with Gasteiger partial charge in [0, 0.05) is 17.0 Å². The van der Waals surface area contributed by atoms with Gasteiger partial charge in [-0.25, -0.2) is 4.98 Å². The molecule has 0 atom stereocenters. The lowest BCUT2D eigenvalue weighted by atomic mass is 10.2. The number of halogens is 1. The highest BCUT2D eigenvalue weighted by atomic mass is 35.5. The lowest BCUT2D eigenvalue weighted by molar-refractivity contribution is -0.139. The van der Waals surface area contributed by atoms with Gasteiger partial charge in [0.1, 0.15) is 5.76 Å². The monoisotopic (exact) mass is 293 g/mol. The number of methoxy groups -OCH3 is 1. The van der Waals surface area contributed by atoms with Crippen LogP contribution in [0, 0.1) is 0 Å². The number of benzene rings is 1. The Hall–Kier alpha value is -1.81. The van der Waals surface area contributed by atoms with Crippen LogP contribution in [0.4, 0.5) is 0 Å². The van der Waals surface area contributed by atoms with E-state index in [1.807, 2.05) is 19.1 Å². The first-order valence-electron chi connectivity index (χ1n) is 6.45. The molecule has 20 heavy (non-hydrogen) atoms. The zero-order valence-electron chi connectivity index (χ0n) is 11.5. The van der Waals surface area contributed by atoms with Gasteiger partial charge in [0.25, 0.3) is 0 Å². The van der Waals surface area contributed by atoms with Crippen molar-refractivity contribution in [3.05, 3.63) is 40.7 Å². The Morgan fingerprint density at radius 2 is 2.05 bits per heavy atom. The van der Waals surface area contributed by atoms with Crippen LogP contribution in [0.5, 0.6) is 0 Å². The molecule has 0 saturated carbocycles. The molecule has 0 radical (unpaired) electrons. The van der Waals surface area contributed by atoms with E-state index in [1.165, 1.54) is 7.11 Å². The second-order valence-corrected chi connectivity index (χ2v) is 4.84. The van der Waals surface area contributed by atoms with E-state index in [-0.39, 0.29) is 12.4 Å². The molecule has 1 heterocycles. The first-order chi connectivity index (χ1) is 9.63. The molecule has 2 rings (SSSR count). The highest BCUT2D eigenvalue weighted by Crippen LogP contribution is 2.25. The fourth-order valence-electron chi connectivity index (χ4n) is 1.87. The first kappa shape index (κ1) is 14.6. The average Bonchev–Trinajstić information content (AvgIpc) is 2.83. The summed E-state index contributed by atoms with van der Waals surface area (Å²) in [5, 5.41) is 0.656. The fraction of sp³-hybridized carbons (Fsp3) is 0.333. The van der Waals surface area contributed by atoms with Gasteiger partial charge >= 0.3 is 5.97 Å². The third-order valence-electron chi connectivity index (χ3n) is 2.89. The standard InChI is InChI=1S/C15H16ClNO3/c1-3-4-13-12(9-14(18)19-2)17-15(20-13)10-5-7-11(16)8-6-10/h5-8H,3-4,9H2,1-2H3. The molecule has 0 saturated heterocycles. The van der Waals surface area contributed by atoms with Crippen LogP contribution in [0.15, 0.2) is 28.7 Å².